The van der Waals surface area contributed by atoms with Gasteiger partial charge in [0.2, 0.25) is 5.95 Å². The van der Waals surface area contributed by atoms with E-state index in [2.05, 4.69) is 20.6 Å². The van der Waals surface area contributed by atoms with Gasteiger partial charge in [-0.1, -0.05) is 12.1 Å². The first-order chi connectivity index (χ1) is 17.0. The number of amides is 1. The molecule has 1 amide bonds. The van der Waals surface area contributed by atoms with E-state index in [9.17, 15) is 19.1 Å². The Morgan fingerprint density at radius 3 is 2.74 bits per heavy atom. The quantitative estimate of drug-likeness (QED) is 0.338. The van der Waals surface area contributed by atoms with Gasteiger partial charge in [0.15, 0.2) is 0 Å². The summed E-state index contributed by atoms with van der Waals surface area (Å²) in [6, 6.07) is 13.5. The molecule has 0 unspecified atom stereocenters. The van der Waals surface area contributed by atoms with Gasteiger partial charge in [0.05, 0.1) is 5.52 Å². The van der Waals surface area contributed by atoms with Crippen LogP contribution in [0, 0.1) is 17.8 Å². The summed E-state index contributed by atoms with van der Waals surface area (Å²) >= 11 is 0. The zero-order chi connectivity index (χ0) is 24.4. The third-order valence-electron chi connectivity index (χ3n) is 6.69. The minimum atomic E-state index is -0.507. The monoisotopic (exact) mass is 475 g/mol. The fourth-order valence-electron chi connectivity index (χ4n) is 4.46. The van der Waals surface area contributed by atoms with E-state index in [4.69, 9.17) is 0 Å². The van der Waals surface area contributed by atoms with Crippen molar-refractivity contribution in [3.8, 4) is 0 Å². The van der Waals surface area contributed by atoms with E-state index in [1.54, 1.807) is 42.6 Å². The van der Waals surface area contributed by atoms with Crippen LogP contribution in [0.3, 0.4) is 0 Å². The molecule has 4 aromatic rings. The van der Waals surface area contributed by atoms with Gasteiger partial charge in [-0.25, -0.2) is 9.97 Å². The van der Waals surface area contributed by atoms with Gasteiger partial charge in [0.25, 0.3) is 11.5 Å². The molecule has 0 radical (unpaired) electrons. The van der Waals surface area contributed by atoms with Gasteiger partial charge >= 0.3 is 0 Å². The molecule has 1 fully saturated rings. The molecule has 1 saturated carbocycles. The summed E-state index contributed by atoms with van der Waals surface area (Å²) in [7, 11) is 0. The molecule has 9 heteroatoms. The lowest BCUT2D eigenvalue weighted by atomic mass is 9.74. The zero-order valence-corrected chi connectivity index (χ0v) is 19.1. The Bertz CT molecular complexity index is 1450. The number of hydrogen-bond acceptors (Lipinski definition) is 6. The van der Waals surface area contributed by atoms with Crippen molar-refractivity contribution in [1.82, 2.24) is 25.0 Å². The van der Waals surface area contributed by atoms with E-state index >= 15 is 0 Å². The van der Waals surface area contributed by atoms with Crippen LogP contribution in [0.4, 0.5) is 4.39 Å². The Balaban J connectivity index is 1.26. The molecule has 1 aliphatic carbocycles. The summed E-state index contributed by atoms with van der Waals surface area (Å²) in [6.45, 7) is 1.51. The number of nitrogens with zero attached hydrogens (tertiary/aromatic N) is 3. The highest BCUT2D eigenvalue weighted by molar-refractivity contribution is 5.92. The van der Waals surface area contributed by atoms with Crippen LogP contribution in [0.25, 0.3) is 16.6 Å². The minimum Gasteiger partial charge on any atom is -0.396 e. The Labute approximate surface area is 200 Å². The van der Waals surface area contributed by atoms with Crippen molar-refractivity contribution < 1.29 is 14.3 Å². The molecule has 0 saturated heterocycles. The molecule has 0 aliphatic heterocycles. The van der Waals surface area contributed by atoms with Crippen LogP contribution in [-0.4, -0.2) is 38.5 Å². The number of aliphatic hydroxyl groups excluding tert-OH is 1. The minimum absolute atomic E-state index is 0.0500. The molecular weight excluding hydrogens is 449 g/mol. The van der Waals surface area contributed by atoms with Crippen molar-refractivity contribution in [2.45, 2.75) is 25.9 Å². The number of pyridine rings is 2. The first kappa shape index (κ1) is 23.1. The maximum absolute atomic E-state index is 14.5. The van der Waals surface area contributed by atoms with E-state index < -0.39 is 11.9 Å². The molecular formula is C26H26FN5O3. The van der Waals surface area contributed by atoms with Crippen molar-refractivity contribution in [3.05, 3.63) is 87.9 Å². The van der Waals surface area contributed by atoms with Crippen LogP contribution in [0.5, 0.6) is 0 Å². The van der Waals surface area contributed by atoms with Crippen molar-refractivity contribution in [2.75, 3.05) is 13.2 Å². The first-order valence-electron chi connectivity index (χ1n) is 11.7. The second-order valence-electron chi connectivity index (χ2n) is 8.97. The molecule has 1 aliphatic rings. The van der Waals surface area contributed by atoms with Crippen LogP contribution >= 0.6 is 0 Å². The van der Waals surface area contributed by atoms with Gasteiger partial charge in [-0.05, 0) is 67.1 Å². The number of fused-ring (bicyclic) bond motifs is 2. The Morgan fingerprint density at radius 2 is 1.94 bits per heavy atom. The fraction of sp³-hybridized carbons (Fsp3) is 0.308. The lowest BCUT2D eigenvalue weighted by molar-refractivity contribution is 0.0900. The molecule has 2 atom stereocenters. The number of carbonyl (C=O) groups excluding carboxylic acids is 1. The van der Waals surface area contributed by atoms with Crippen molar-refractivity contribution >= 4 is 22.5 Å². The second-order valence-corrected chi connectivity index (χ2v) is 8.97. The van der Waals surface area contributed by atoms with Crippen LogP contribution < -0.4 is 16.2 Å². The van der Waals surface area contributed by atoms with Gasteiger partial charge in [0, 0.05) is 42.9 Å². The average Bonchev–Trinajstić information content (AvgIpc) is 2.85. The first-order valence-corrected chi connectivity index (χ1v) is 11.7. The smallest absolute Gasteiger partial charge is 0.270 e. The second kappa shape index (κ2) is 9.89. The van der Waals surface area contributed by atoms with Gasteiger partial charge in [-0.2, -0.15) is 4.39 Å². The van der Waals surface area contributed by atoms with E-state index in [1.165, 1.54) is 10.5 Å². The van der Waals surface area contributed by atoms with Crippen molar-refractivity contribution in [3.63, 3.8) is 0 Å². The number of rotatable bonds is 8. The molecule has 3 N–H and O–H groups in total. The van der Waals surface area contributed by atoms with Gasteiger partial charge < -0.3 is 15.7 Å². The molecule has 0 spiro atoms. The van der Waals surface area contributed by atoms with E-state index in [0.717, 1.165) is 30.3 Å². The molecule has 35 heavy (non-hydrogen) atoms. The number of carbonyl (C=O) groups is 1. The molecule has 1 aromatic carbocycles. The highest BCUT2D eigenvalue weighted by atomic mass is 19.1. The number of nitrogens with one attached hydrogen (secondary N) is 2. The summed E-state index contributed by atoms with van der Waals surface area (Å²) in [6.07, 6.45) is 3.72. The molecule has 5 rings (SSSR count). The SMILES string of the molecule is O=C(NCc1ccc2nc(F)c(CNC[C@H]3CC[C@H]3CO)cc2c1)c1cc(=O)n2ccccc2n1. The topological polar surface area (TPSA) is 109 Å². The number of aromatic nitrogens is 3. The third kappa shape index (κ3) is 4.91. The van der Waals surface area contributed by atoms with Crippen LogP contribution in [0.1, 0.15) is 34.5 Å². The van der Waals surface area contributed by atoms with Crippen molar-refractivity contribution in [2.24, 2.45) is 11.8 Å². The third-order valence-corrected chi connectivity index (χ3v) is 6.69. The van der Waals surface area contributed by atoms with E-state index in [-0.39, 0.29) is 24.4 Å². The van der Waals surface area contributed by atoms with E-state index in [1.807, 2.05) is 6.07 Å². The lowest BCUT2D eigenvalue weighted by Gasteiger charge is -2.35. The average molecular weight is 476 g/mol. The predicted octanol–water partition coefficient (Wildman–Crippen LogP) is 2.42. The van der Waals surface area contributed by atoms with Crippen molar-refractivity contribution in [1.29, 1.82) is 0 Å². The Kier molecular flexibility index (Phi) is 6.52. The molecule has 8 nitrogen and oxygen atoms in total. The Morgan fingerprint density at radius 1 is 1.09 bits per heavy atom. The van der Waals surface area contributed by atoms with Gasteiger partial charge in [-0.15, -0.1) is 0 Å². The highest BCUT2D eigenvalue weighted by Crippen LogP contribution is 2.33. The lowest BCUT2D eigenvalue weighted by Crippen LogP contribution is -2.37. The molecule has 180 valence electrons. The molecule has 0 bridgehead atoms. The van der Waals surface area contributed by atoms with Gasteiger partial charge in [0.1, 0.15) is 11.3 Å². The standard InChI is InChI=1S/C26H26FN5O3/c27-25-20(14-28-13-17-5-6-18(17)15-33)10-19-9-16(4-7-21(19)31-25)12-29-26(35)22-11-24(34)32-8-2-1-3-23(32)30-22/h1-4,7-11,17-18,28,33H,5-6,12-15H2,(H,29,35)/t17-,18+/m1/s1. The maximum Gasteiger partial charge on any atom is 0.270 e. The number of hydrogen-bond donors (Lipinski definition) is 3. The summed E-state index contributed by atoms with van der Waals surface area (Å²) in [4.78, 5) is 33.2. The number of halogens is 1. The summed E-state index contributed by atoms with van der Waals surface area (Å²) in [5.41, 5.74) is 1.94. The summed E-state index contributed by atoms with van der Waals surface area (Å²) < 4.78 is 15.9. The van der Waals surface area contributed by atoms with E-state index in [0.29, 0.717) is 35.1 Å². The van der Waals surface area contributed by atoms with Gasteiger partial charge in [-0.3, -0.25) is 14.0 Å². The summed E-state index contributed by atoms with van der Waals surface area (Å²) in [5.74, 6) is -0.191. The van der Waals surface area contributed by atoms with Crippen LogP contribution in [0.15, 0.2) is 59.5 Å². The molecule has 3 aromatic heterocycles. The normalized spacial score (nSPS) is 17.4. The number of benzene rings is 1. The summed E-state index contributed by atoms with van der Waals surface area (Å²) in [5, 5.41) is 16.2. The molecule has 3 heterocycles. The fourth-order valence-corrected chi connectivity index (χ4v) is 4.46. The van der Waals surface area contributed by atoms with Crippen LogP contribution in [-0.2, 0) is 13.1 Å². The predicted molar refractivity (Wildman–Crippen MR) is 129 cm³/mol. The largest absolute Gasteiger partial charge is 0.396 e. The van der Waals surface area contributed by atoms with Crippen LogP contribution in [0.2, 0.25) is 0 Å². The highest BCUT2D eigenvalue weighted by Gasteiger charge is 2.29. The maximum atomic E-state index is 14.5. The zero-order valence-electron chi connectivity index (χ0n) is 19.1. The number of aliphatic hydroxyl groups is 1. The Hall–Kier alpha value is -3.69.